The molecule has 1 fully saturated rings. The Morgan fingerprint density at radius 2 is 1.72 bits per heavy atom. The van der Waals surface area contributed by atoms with E-state index in [1.165, 1.54) is 48.0 Å². The third-order valence-corrected chi connectivity index (χ3v) is 5.53. The summed E-state index contributed by atoms with van der Waals surface area (Å²) < 4.78 is 0. The topological polar surface area (TPSA) is 19.0 Å². The van der Waals surface area contributed by atoms with Crippen LogP contribution in [0.25, 0.3) is 10.9 Å². The molecule has 2 nitrogen and oxygen atoms in total. The monoisotopic (exact) mass is 374 g/mol. The minimum absolute atomic E-state index is 0. The van der Waals surface area contributed by atoms with Gasteiger partial charge in [-0.2, -0.15) is 0 Å². The van der Waals surface area contributed by atoms with Crippen LogP contribution in [-0.4, -0.2) is 29.5 Å². The third kappa shape index (κ3) is 4.20. The lowest BCUT2D eigenvalue weighted by atomic mass is 9.89. The van der Waals surface area contributed by atoms with Crippen molar-refractivity contribution in [2.75, 3.05) is 19.6 Å². The van der Waals surface area contributed by atoms with E-state index in [-0.39, 0.29) is 12.4 Å². The van der Waals surface area contributed by atoms with Gasteiger partial charge in [-0.3, -0.25) is 0 Å². The molecule has 0 aliphatic carbocycles. The van der Waals surface area contributed by atoms with Gasteiger partial charge in [0.05, 0.1) is 0 Å². The molecule has 4 rings (SSSR count). The smallest absolute Gasteiger partial charge is 0.0456 e. The van der Waals surface area contributed by atoms with Crippen molar-refractivity contribution in [3.05, 3.63) is 70.9 Å². The molecular formula is C21H24Cl2N2. The van der Waals surface area contributed by atoms with E-state index in [0.717, 1.165) is 18.0 Å². The van der Waals surface area contributed by atoms with Gasteiger partial charge in [-0.25, -0.2) is 0 Å². The van der Waals surface area contributed by atoms with E-state index in [4.69, 9.17) is 11.6 Å². The number of nitrogens with one attached hydrogen (secondary N) is 1. The lowest BCUT2D eigenvalue weighted by Crippen LogP contribution is -2.34. The molecule has 0 spiro atoms. The van der Waals surface area contributed by atoms with Crippen molar-refractivity contribution >= 4 is 34.9 Å². The SMILES string of the molecule is Cl.Clc1ccc(CCN2CCC(c3c[nH]c4ccccc34)CC2)cc1. The van der Waals surface area contributed by atoms with Gasteiger partial charge >= 0.3 is 0 Å². The number of hydrogen-bond acceptors (Lipinski definition) is 1. The molecule has 1 saturated heterocycles. The van der Waals surface area contributed by atoms with E-state index in [1.807, 2.05) is 12.1 Å². The number of rotatable bonds is 4. The van der Waals surface area contributed by atoms with Gasteiger partial charge in [-0.1, -0.05) is 41.9 Å². The van der Waals surface area contributed by atoms with Crippen molar-refractivity contribution in [1.29, 1.82) is 0 Å². The first-order chi connectivity index (χ1) is 11.8. The molecule has 1 aromatic heterocycles. The molecule has 0 atom stereocenters. The number of nitrogens with zero attached hydrogens (tertiary/aromatic N) is 1. The largest absolute Gasteiger partial charge is 0.361 e. The molecule has 4 heteroatoms. The van der Waals surface area contributed by atoms with Gasteiger partial charge in [-0.05, 0) is 67.6 Å². The van der Waals surface area contributed by atoms with Crippen molar-refractivity contribution in [3.63, 3.8) is 0 Å². The minimum atomic E-state index is 0. The average molecular weight is 375 g/mol. The fourth-order valence-electron chi connectivity index (χ4n) is 3.84. The van der Waals surface area contributed by atoms with E-state index in [1.54, 1.807) is 0 Å². The molecule has 0 unspecified atom stereocenters. The Balaban J connectivity index is 0.00000182. The van der Waals surface area contributed by atoms with Crippen LogP contribution in [0.5, 0.6) is 0 Å². The molecule has 25 heavy (non-hydrogen) atoms. The number of fused-ring (bicyclic) bond motifs is 1. The molecule has 0 radical (unpaired) electrons. The zero-order valence-electron chi connectivity index (χ0n) is 14.2. The molecule has 0 saturated carbocycles. The fourth-order valence-corrected chi connectivity index (χ4v) is 3.96. The highest BCUT2D eigenvalue weighted by atomic mass is 35.5. The Morgan fingerprint density at radius 1 is 1.00 bits per heavy atom. The molecule has 1 N–H and O–H groups in total. The van der Waals surface area contributed by atoms with Crippen molar-refractivity contribution in [2.24, 2.45) is 0 Å². The van der Waals surface area contributed by atoms with Crippen LogP contribution in [0.15, 0.2) is 54.7 Å². The van der Waals surface area contributed by atoms with Crippen LogP contribution in [0.2, 0.25) is 5.02 Å². The van der Waals surface area contributed by atoms with Crippen LogP contribution in [0.4, 0.5) is 0 Å². The lowest BCUT2D eigenvalue weighted by Gasteiger charge is -2.32. The minimum Gasteiger partial charge on any atom is -0.361 e. The predicted molar refractivity (Wildman–Crippen MR) is 109 cm³/mol. The average Bonchev–Trinajstić information content (AvgIpc) is 3.06. The maximum atomic E-state index is 5.95. The number of para-hydroxylation sites is 1. The van der Waals surface area contributed by atoms with Crippen LogP contribution in [0.1, 0.15) is 29.9 Å². The van der Waals surface area contributed by atoms with E-state index in [0.29, 0.717) is 5.92 Å². The van der Waals surface area contributed by atoms with Gasteiger partial charge in [0.15, 0.2) is 0 Å². The van der Waals surface area contributed by atoms with Gasteiger partial charge in [0.25, 0.3) is 0 Å². The second-order valence-corrected chi connectivity index (χ2v) is 7.22. The van der Waals surface area contributed by atoms with E-state index >= 15 is 0 Å². The molecule has 0 amide bonds. The molecule has 2 aromatic carbocycles. The van der Waals surface area contributed by atoms with Gasteiger partial charge in [0, 0.05) is 28.7 Å². The summed E-state index contributed by atoms with van der Waals surface area (Å²) in [6, 6.07) is 16.9. The van der Waals surface area contributed by atoms with E-state index in [2.05, 4.69) is 52.5 Å². The third-order valence-electron chi connectivity index (χ3n) is 5.28. The van der Waals surface area contributed by atoms with Crippen molar-refractivity contribution in [1.82, 2.24) is 9.88 Å². The zero-order chi connectivity index (χ0) is 16.4. The Labute approximate surface area is 160 Å². The normalized spacial score (nSPS) is 16.0. The molecule has 2 heterocycles. The van der Waals surface area contributed by atoms with Crippen LogP contribution < -0.4 is 0 Å². The van der Waals surface area contributed by atoms with Crippen LogP contribution in [0.3, 0.4) is 0 Å². The summed E-state index contributed by atoms with van der Waals surface area (Å²) in [6.45, 7) is 3.53. The van der Waals surface area contributed by atoms with Crippen molar-refractivity contribution in [3.8, 4) is 0 Å². The molecule has 3 aromatic rings. The second-order valence-electron chi connectivity index (χ2n) is 6.78. The number of aromatic nitrogens is 1. The number of H-pyrrole nitrogens is 1. The van der Waals surface area contributed by atoms with Gasteiger partial charge in [0.2, 0.25) is 0 Å². The number of hydrogen-bond donors (Lipinski definition) is 1. The Morgan fingerprint density at radius 3 is 2.48 bits per heavy atom. The summed E-state index contributed by atoms with van der Waals surface area (Å²) >= 11 is 5.95. The maximum absolute atomic E-state index is 5.95. The van der Waals surface area contributed by atoms with Crippen LogP contribution >= 0.6 is 24.0 Å². The first-order valence-corrected chi connectivity index (χ1v) is 9.20. The first-order valence-electron chi connectivity index (χ1n) is 8.82. The number of piperidine rings is 1. The van der Waals surface area contributed by atoms with Crippen LogP contribution in [-0.2, 0) is 6.42 Å². The predicted octanol–water partition coefficient (Wildman–Crippen LogP) is 5.67. The summed E-state index contributed by atoms with van der Waals surface area (Å²) in [6.07, 6.45) is 5.83. The number of benzene rings is 2. The lowest BCUT2D eigenvalue weighted by molar-refractivity contribution is 0.215. The molecular weight excluding hydrogens is 351 g/mol. The maximum Gasteiger partial charge on any atom is 0.0456 e. The number of likely N-dealkylation sites (tertiary alicyclic amines) is 1. The molecule has 0 bridgehead atoms. The molecule has 132 valence electrons. The van der Waals surface area contributed by atoms with Gasteiger partial charge in [0.1, 0.15) is 0 Å². The standard InChI is InChI=1S/C21H23ClN2.ClH/c22-18-7-5-16(6-8-18)9-12-24-13-10-17(11-14-24)20-15-23-21-4-2-1-3-19(20)21;/h1-8,15,17,23H,9-14H2;1H. The van der Waals surface area contributed by atoms with E-state index in [9.17, 15) is 0 Å². The Kier molecular flexibility index (Phi) is 6.06. The van der Waals surface area contributed by atoms with Gasteiger partial charge in [-0.15, -0.1) is 12.4 Å². The highest BCUT2D eigenvalue weighted by molar-refractivity contribution is 6.30. The molecule has 1 aliphatic heterocycles. The Hall–Kier alpha value is -1.48. The summed E-state index contributed by atoms with van der Waals surface area (Å²) in [5.74, 6) is 0.688. The molecule has 1 aliphatic rings. The highest BCUT2D eigenvalue weighted by Crippen LogP contribution is 2.33. The summed E-state index contributed by atoms with van der Waals surface area (Å²) in [4.78, 5) is 6.02. The Bertz CT molecular complexity index is 802. The van der Waals surface area contributed by atoms with E-state index < -0.39 is 0 Å². The first kappa shape index (κ1) is 18.3. The fraction of sp³-hybridized carbons (Fsp3) is 0.333. The summed E-state index contributed by atoms with van der Waals surface area (Å²) in [5, 5.41) is 2.22. The van der Waals surface area contributed by atoms with Crippen molar-refractivity contribution in [2.45, 2.75) is 25.2 Å². The summed E-state index contributed by atoms with van der Waals surface area (Å²) in [7, 11) is 0. The summed E-state index contributed by atoms with van der Waals surface area (Å²) in [5.41, 5.74) is 4.14. The van der Waals surface area contributed by atoms with Crippen LogP contribution in [0, 0.1) is 0 Å². The number of halogens is 2. The second kappa shape index (κ2) is 8.27. The quantitative estimate of drug-likeness (QED) is 0.623. The zero-order valence-corrected chi connectivity index (χ0v) is 15.8. The van der Waals surface area contributed by atoms with Crippen molar-refractivity contribution < 1.29 is 0 Å². The number of aromatic amines is 1. The highest BCUT2D eigenvalue weighted by Gasteiger charge is 2.22. The van der Waals surface area contributed by atoms with Gasteiger partial charge < -0.3 is 9.88 Å².